The Morgan fingerprint density at radius 1 is 0.957 bits per heavy atom. The topological polar surface area (TPSA) is 289 Å². The van der Waals surface area contributed by atoms with E-state index >= 15 is 4.39 Å². The Morgan fingerprint density at radius 2 is 1.70 bits per heavy atom. The number of β-amino-alcohol motifs (C(OH)–C–C–N with tert-alkyl or cyclic N) is 1. The number of pyridine rings is 2. The molecule has 0 spiro atoms. The number of amides is 5. The molecule has 5 aromatic rings. The number of hydrogen-bond acceptors (Lipinski definition) is 15. The van der Waals surface area contributed by atoms with E-state index in [0.29, 0.717) is 27.6 Å². The van der Waals surface area contributed by atoms with Gasteiger partial charge in [-0.1, -0.05) is 38.1 Å². The maximum atomic E-state index is 15.3. The summed E-state index contributed by atoms with van der Waals surface area (Å²) in [6, 6.07) is 10.1. The first-order chi connectivity index (χ1) is 32.9. The number of aryl methyl sites for hydroxylation is 1. The maximum absolute atomic E-state index is 15.3. The number of aliphatic hydroxyl groups is 1. The molecule has 368 valence electrons. The van der Waals surface area contributed by atoms with Gasteiger partial charge in [-0.25, -0.2) is 14.4 Å². The molecule has 5 amide bonds. The van der Waals surface area contributed by atoms with Crippen LogP contribution in [0.25, 0.3) is 32.3 Å². The fourth-order valence-corrected chi connectivity index (χ4v) is 8.72. The van der Waals surface area contributed by atoms with Crippen LogP contribution in [0.1, 0.15) is 56.4 Å². The average Bonchev–Trinajstić information content (AvgIpc) is 3.93. The lowest BCUT2D eigenvalue weighted by molar-refractivity contribution is -0.141. The summed E-state index contributed by atoms with van der Waals surface area (Å²) in [6.45, 7) is 7.60. The van der Waals surface area contributed by atoms with Crippen LogP contribution < -0.4 is 33.2 Å². The zero-order chi connectivity index (χ0) is 49.8. The fraction of sp³-hybridized carbons (Fsp3) is 0.417. The fourth-order valence-electron chi connectivity index (χ4n) is 7.91. The Kier molecular flexibility index (Phi) is 17.7. The standard InChI is InChI=1S/C48H59FN10O9S/c1-27-34(21-53-23-36(27)50)33-15-31-16-39(55-22-35(31)44(51)43(33)49)58-40(61)9-10-54-41(62)25-67-12-11-66-13-14-68-38(46(52)64)18-48(3,4)19-42(63)59-24-32(60)17-37(59)47(65)56-20-29-5-7-30(8-6-29)45-28(2)57-26-69-45/h5-8,15-16,21-23,26,32,37-38,60H,9-14,17-20,24-25,50-51H2,1-4H3,(H2,52,64)(H,54,62)(H,56,65)(H,55,58,61)/t32-,37+,38?/m1/s1. The van der Waals surface area contributed by atoms with Crippen LogP contribution in [0.2, 0.25) is 0 Å². The molecule has 1 unspecified atom stereocenters. The Morgan fingerprint density at radius 3 is 2.42 bits per heavy atom. The number of nitrogens with two attached hydrogens (primary N) is 3. The molecule has 3 aromatic heterocycles. The van der Waals surface area contributed by atoms with Crippen molar-refractivity contribution in [1.82, 2.24) is 30.5 Å². The summed E-state index contributed by atoms with van der Waals surface area (Å²) in [5.41, 5.74) is 23.3. The minimum absolute atomic E-state index is 0.0113. The van der Waals surface area contributed by atoms with Gasteiger partial charge in [-0.15, -0.1) is 11.3 Å². The number of rotatable bonds is 23. The zero-order valence-electron chi connectivity index (χ0n) is 39.0. The molecule has 1 aliphatic heterocycles. The summed E-state index contributed by atoms with van der Waals surface area (Å²) in [5.74, 6) is -2.71. The van der Waals surface area contributed by atoms with Gasteiger partial charge in [0.1, 0.15) is 24.6 Å². The third-order valence-electron chi connectivity index (χ3n) is 11.7. The molecule has 3 atom stereocenters. The number of aliphatic hydroxyl groups excluding tert-OH is 1. The maximum Gasteiger partial charge on any atom is 0.246 e. The predicted octanol–water partition coefficient (Wildman–Crippen LogP) is 3.77. The van der Waals surface area contributed by atoms with Crippen molar-refractivity contribution in [2.45, 2.75) is 78.2 Å². The van der Waals surface area contributed by atoms with E-state index in [9.17, 15) is 29.1 Å². The summed E-state index contributed by atoms with van der Waals surface area (Å²) in [6.07, 6.45) is 2.60. The quantitative estimate of drug-likeness (QED) is 0.0363. The number of likely N-dealkylation sites (tertiary alicyclic amines) is 1. The van der Waals surface area contributed by atoms with Crippen molar-refractivity contribution in [3.63, 3.8) is 0 Å². The van der Waals surface area contributed by atoms with Crippen LogP contribution in [0.3, 0.4) is 0 Å². The molecule has 0 bridgehead atoms. The van der Waals surface area contributed by atoms with Gasteiger partial charge in [0, 0.05) is 67.8 Å². The monoisotopic (exact) mass is 970 g/mol. The summed E-state index contributed by atoms with van der Waals surface area (Å²) < 4.78 is 31.9. The Hall–Kier alpha value is -6.65. The SMILES string of the molecule is Cc1ncsc1-c1ccc(CNC(=O)[C@@H]2C[C@@H](O)CN2C(=O)CC(C)(C)CC(OCCOCCOCC(=O)NCCC(=O)Nc2cc3cc(-c4cncc(N)c4C)c(F)c(N)c3cn2)C(N)=O)cc1. The minimum atomic E-state index is -1.03. The van der Waals surface area contributed by atoms with Gasteiger partial charge in [-0.3, -0.25) is 29.0 Å². The van der Waals surface area contributed by atoms with Gasteiger partial charge in [-0.2, -0.15) is 0 Å². The van der Waals surface area contributed by atoms with Crippen molar-refractivity contribution in [2.24, 2.45) is 11.1 Å². The van der Waals surface area contributed by atoms with E-state index in [1.807, 2.05) is 31.2 Å². The Balaban J connectivity index is 0.844. The molecule has 1 fully saturated rings. The van der Waals surface area contributed by atoms with E-state index < -0.39 is 47.2 Å². The number of nitrogens with zero attached hydrogens (tertiary/aromatic N) is 4. The first kappa shape index (κ1) is 51.7. The van der Waals surface area contributed by atoms with E-state index in [0.717, 1.165) is 21.7 Å². The Bertz CT molecular complexity index is 2650. The van der Waals surface area contributed by atoms with Gasteiger partial charge in [0.05, 0.1) is 66.2 Å². The smallest absolute Gasteiger partial charge is 0.246 e. The van der Waals surface area contributed by atoms with Crippen LogP contribution >= 0.6 is 11.3 Å². The number of ether oxygens (including phenoxy) is 3. The van der Waals surface area contributed by atoms with Crippen LogP contribution in [0, 0.1) is 25.1 Å². The lowest BCUT2D eigenvalue weighted by Crippen LogP contribution is -2.47. The third kappa shape index (κ3) is 14.0. The van der Waals surface area contributed by atoms with Crippen LogP contribution in [0.4, 0.5) is 21.6 Å². The summed E-state index contributed by atoms with van der Waals surface area (Å²) in [5, 5.41) is 19.5. The van der Waals surface area contributed by atoms with Crippen LogP contribution in [0.15, 0.2) is 60.5 Å². The largest absolute Gasteiger partial charge is 0.397 e. The third-order valence-corrected chi connectivity index (χ3v) is 12.6. The van der Waals surface area contributed by atoms with E-state index in [1.165, 1.54) is 23.5 Å². The van der Waals surface area contributed by atoms with Crippen molar-refractivity contribution >= 4 is 68.8 Å². The van der Waals surface area contributed by atoms with Gasteiger partial charge in [0.15, 0.2) is 5.82 Å². The first-order valence-electron chi connectivity index (χ1n) is 22.4. The number of halogens is 1. The second kappa shape index (κ2) is 23.6. The van der Waals surface area contributed by atoms with Crippen molar-refractivity contribution in [2.75, 3.05) is 62.9 Å². The molecule has 0 radical (unpaired) electrons. The lowest BCUT2D eigenvalue weighted by Gasteiger charge is -2.31. The predicted molar refractivity (Wildman–Crippen MR) is 259 cm³/mol. The number of carbonyl (C=O) groups is 5. The number of hydrogen-bond donors (Lipinski definition) is 7. The number of aromatic nitrogens is 3. The first-order valence-corrected chi connectivity index (χ1v) is 23.2. The molecule has 1 saturated heterocycles. The van der Waals surface area contributed by atoms with Gasteiger partial charge in [-0.05, 0) is 59.9 Å². The molecular weight excluding hydrogens is 912 g/mol. The molecule has 1 aliphatic rings. The number of fused-ring (bicyclic) bond motifs is 1. The van der Waals surface area contributed by atoms with E-state index in [1.54, 1.807) is 49.8 Å². The molecule has 19 nitrogen and oxygen atoms in total. The lowest BCUT2D eigenvalue weighted by atomic mass is 9.82. The number of primary amides is 1. The van der Waals surface area contributed by atoms with E-state index in [2.05, 4.69) is 30.9 Å². The number of carbonyl (C=O) groups excluding carboxylic acids is 5. The van der Waals surface area contributed by atoms with Crippen molar-refractivity contribution in [3.05, 3.63) is 83.1 Å². The summed E-state index contributed by atoms with van der Waals surface area (Å²) in [7, 11) is 0. The Labute approximate surface area is 402 Å². The number of benzene rings is 2. The van der Waals surface area contributed by atoms with Crippen LogP contribution in [-0.4, -0.2) is 119 Å². The summed E-state index contributed by atoms with van der Waals surface area (Å²) in [4.78, 5) is 79.2. The molecule has 10 N–H and O–H groups in total. The second-order valence-electron chi connectivity index (χ2n) is 17.6. The number of anilines is 3. The summed E-state index contributed by atoms with van der Waals surface area (Å²) >= 11 is 1.56. The van der Waals surface area contributed by atoms with Gasteiger partial charge in [0.25, 0.3) is 0 Å². The van der Waals surface area contributed by atoms with Crippen molar-refractivity contribution in [1.29, 1.82) is 0 Å². The molecular formula is C48H59FN10O9S. The highest BCUT2D eigenvalue weighted by atomic mass is 32.1. The average molecular weight is 971 g/mol. The van der Waals surface area contributed by atoms with E-state index in [-0.39, 0.29) is 107 Å². The molecule has 69 heavy (non-hydrogen) atoms. The van der Waals surface area contributed by atoms with Crippen LogP contribution in [-0.2, 0) is 44.7 Å². The van der Waals surface area contributed by atoms with Gasteiger partial charge < -0.3 is 57.4 Å². The van der Waals surface area contributed by atoms with Gasteiger partial charge in [0.2, 0.25) is 29.5 Å². The number of nitrogens with one attached hydrogen (secondary N) is 3. The second-order valence-corrected chi connectivity index (χ2v) is 18.5. The number of nitrogen functional groups attached to an aromatic ring is 2. The van der Waals surface area contributed by atoms with Crippen molar-refractivity contribution in [3.8, 4) is 21.6 Å². The highest BCUT2D eigenvalue weighted by molar-refractivity contribution is 7.13. The van der Waals surface area contributed by atoms with Gasteiger partial charge >= 0.3 is 0 Å². The normalized spacial score (nSPS) is 15.2. The highest BCUT2D eigenvalue weighted by Crippen LogP contribution is 2.36. The number of thiazole rings is 1. The van der Waals surface area contributed by atoms with E-state index in [4.69, 9.17) is 31.4 Å². The molecule has 6 rings (SSSR count). The minimum Gasteiger partial charge on any atom is -0.397 e. The molecule has 2 aromatic carbocycles. The van der Waals surface area contributed by atoms with Crippen molar-refractivity contribution < 1.29 is 47.7 Å². The highest BCUT2D eigenvalue weighted by Gasteiger charge is 2.41. The zero-order valence-corrected chi connectivity index (χ0v) is 39.8. The molecule has 0 aliphatic carbocycles. The molecule has 21 heteroatoms. The molecule has 0 saturated carbocycles. The van der Waals surface area contributed by atoms with Crippen LogP contribution in [0.5, 0.6) is 0 Å². The molecule has 4 heterocycles.